The Morgan fingerprint density at radius 3 is 2.67 bits per heavy atom. The minimum atomic E-state index is -0.520. The van der Waals surface area contributed by atoms with E-state index in [0.717, 1.165) is 16.6 Å². The standard InChI is InChI=1S/C20H15ClN2O4/c1-26-23-18(11-20(25)27-15-5-3-2-4-6-15)17-10-13-9-14(21)7-8-16(13)22(17)19(23)12-24/h2-10,18H,11H2,1H3. The minimum absolute atomic E-state index is 0.00202. The maximum absolute atomic E-state index is 12.5. The van der Waals surface area contributed by atoms with Crippen LogP contribution in [0.15, 0.2) is 54.6 Å². The normalized spacial score (nSPS) is 15.7. The number of hydroxylamine groups is 2. The second-order valence-electron chi connectivity index (χ2n) is 6.05. The molecule has 0 saturated heterocycles. The van der Waals surface area contributed by atoms with E-state index >= 15 is 0 Å². The van der Waals surface area contributed by atoms with Crippen LogP contribution in [0.25, 0.3) is 16.7 Å². The van der Waals surface area contributed by atoms with Crippen molar-refractivity contribution in [2.24, 2.45) is 0 Å². The van der Waals surface area contributed by atoms with E-state index in [1.54, 1.807) is 41.0 Å². The van der Waals surface area contributed by atoms with Crippen molar-refractivity contribution in [1.29, 1.82) is 0 Å². The Morgan fingerprint density at radius 2 is 1.96 bits per heavy atom. The Labute approximate surface area is 160 Å². The van der Waals surface area contributed by atoms with Crippen LogP contribution in [-0.4, -0.2) is 28.7 Å². The number of hydrogen-bond donors (Lipinski definition) is 0. The van der Waals surface area contributed by atoms with E-state index in [1.165, 1.54) is 12.2 Å². The second kappa shape index (κ2) is 6.93. The van der Waals surface area contributed by atoms with E-state index in [0.29, 0.717) is 10.8 Å². The van der Waals surface area contributed by atoms with Crippen molar-refractivity contribution in [2.75, 3.05) is 7.11 Å². The highest BCUT2D eigenvalue weighted by molar-refractivity contribution is 6.31. The lowest BCUT2D eigenvalue weighted by atomic mass is 10.1. The van der Waals surface area contributed by atoms with Gasteiger partial charge in [0.15, 0.2) is 5.94 Å². The number of carbonyl (C=O) groups excluding carboxylic acids is 2. The molecule has 0 radical (unpaired) electrons. The van der Waals surface area contributed by atoms with Crippen LogP contribution < -0.4 is 4.74 Å². The van der Waals surface area contributed by atoms with Gasteiger partial charge < -0.3 is 4.74 Å². The van der Waals surface area contributed by atoms with Gasteiger partial charge in [-0.3, -0.25) is 14.2 Å². The van der Waals surface area contributed by atoms with E-state index in [9.17, 15) is 9.59 Å². The average Bonchev–Trinajstić information content (AvgIpc) is 3.16. The molecule has 0 spiro atoms. The first-order valence-electron chi connectivity index (χ1n) is 8.28. The van der Waals surface area contributed by atoms with Crippen LogP contribution in [0.5, 0.6) is 5.75 Å². The van der Waals surface area contributed by atoms with Crippen LogP contribution in [0.3, 0.4) is 0 Å². The molecule has 6 nitrogen and oxygen atoms in total. The minimum Gasteiger partial charge on any atom is -0.426 e. The van der Waals surface area contributed by atoms with Crippen LogP contribution >= 0.6 is 11.6 Å². The predicted molar refractivity (Wildman–Crippen MR) is 101 cm³/mol. The van der Waals surface area contributed by atoms with Crippen LogP contribution in [0, 0.1) is 0 Å². The van der Waals surface area contributed by atoms with E-state index in [2.05, 4.69) is 0 Å². The lowest BCUT2D eigenvalue weighted by Gasteiger charge is -2.22. The number of hydrogen-bond acceptors (Lipinski definition) is 5. The summed E-state index contributed by atoms with van der Waals surface area (Å²) in [5.74, 6) is 2.12. The molecule has 0 amide bonds. The fraction of sp³-hybridized carbons (Fsp3) is 0.150. The molecule has 0 fully saturated rings. The molecule has 0 aliphatic carbocycles. The Hall–Kier alpha value is -3.05. The molecule has 1 unspecified atom stereocenters. The molecule has 2 heterocycles. The molecule has 136 valence electrons. The van der Waals surface area contributed by atoms with Crippen LogP contribution in [0.4, 0.5) is 0 Å². The molecule has 4 rings (SSSR count). The number of rotatable bonds is 4. The quantitative estimate of drug-likeness (QED) is 0.390. The third-order valence-electron chi connectivity index (χ3n) is 4.46. The Kier molecular flexibility index (Phi) is 4.46. The summed E-state index contributed by atoms with van der Waals surface area (Å²) < 4.78 is 7.11. The number of nitrogens with zero attached hydrogens (tertiary/aromatic N) is 2. The van der Waals surface area contributed by atoms with E-state index in [-0.39, 0.29) is 12.2 Å². The first-order valence-corrected chi connectivity index (χ1v) is 8.65. The topological polar surface area (TPSA) is 60.8 Å². The fourth-order valence-corrected chi connectivity index (χ4v) is 3.55. The van der Waals surface area contributed by atoms with Gasteiger partial charge in [-0.25, -0.2) is 9.86 Å². The van der Waals surface area contributed by atoms with Gasteiger partial charge >= 0.3 is 5.97 Å². The highest BCUT2D eigenvalue weighted by atomic mass is 35.5. The van der Waals surface area contributed by atoms with Crippen molar-refractivity contribution in [1.82, 2.24) is 9.63 Å². The third-order valence-corrected chi connectivity index (χ3v) is 4.70. The summed E-state index contributed by atoms with van der Waals surface area (Å²) in [5.41, 5.74) is 1.52. The smallest absolute Gasteiger partial charge is 0.313 e. The number of carbonyl (C=O) groups is 1. The molecule has 1 aliphatic heterocycles. The number of fused-ring (bicyclic) bond motifs is 3. The third kappa shape index (κ3) is 3.00. The fourth-order valence-electron chi connectivity index (χ4n) is 3.37. The van der Waals surface area contributed by atoms with Gasteiger partial charge in [-0.05, 0) is 36.4 Å². The zero-order chi connectivity index (χ0) is 19.0. The van der Waals surface area contributed by atoms with Gasteiger partial charge in [0.1, 0.15) is 11.8 Å². The van der Waals surface area contributed by atoms with Gasteiger partial charge in [0.05, 0.1) is 24.7 Å². The van der Waals surface area contributed by atoms with Crippen molar-refractivity contribution in [3.8, 4) is 5.75 Å². The molecule has 0 bridgehead atoms. The number of para-hydroxylation sites is 1. The van der Waals surface area contributed by atoms with Crippen LogP contribution in [0.1, 0.15) is 18.2 Å². The first-order chi connectivity index (χ1) is 13.1. The number of halogens is 1. The number of benzene rings is 2. The molecule has 7 heteroatoms. The predicted octanol–water partition coefficient (Wildman–Crippen LogP) is 3.84. The summed E-state index contributed by atoms with van der Waals surface area (Å²) in [6.45, 7) is 0. The average molecular weight is 383 g/mol. The number of ether oxygens (including phenoxy) is 1. The maximum atomic E-state index is 12.5. The molecule has 1 aromatic heterocycles. The SMILES string of the molecule is CON1C(=C=O)n2c(cc3cc(Cl)ccc32)C1CC(=O)Oc1ccccc1. The maximum Gasteiger partial charge on any atom is 0.313 e. The molecule has 0 N–H and O–H groups in total. The van der Waals surface area contributed by atoms with Gasteiger partial charge in [-0.1, -0.05) is 29.8 Å². The van der Waals surface area contributed by atoms with Gasteiger partial charge in [-0.15, -0.1) is 0 Å². The van der Waals surface area contributed by atoms with Gasteiger partial charge in [0, 0.05) is 10.4 Å². The Bertz CT molecular complexity index is 1070. The zero-order valence-electron chi connectivity index (χ0n) is 14.4. The van der Waals surface area contributed by atoms with Gasteiger partial charge in [-0.2, -0.15) is 0 Å². The molecule has 2 aromatic carbocycles. The lowest BCUT2D eigenvalue weighted by Crippen LogP contribution is -2.25. The summed E-state index contributed by atoms with van der Waals surface area (Å²) in [4.78, 5) is 29.5. The molecule has 27 heavy (non-hydrogen) atoms. The van der Waals surface area contributed by atoms with Crippen LogP contribution in [-0.2, 0) is 14.4 Å². The summed E-state index contributed by atoms with van der Waals surface area (Å²) in [6, 6.07) is 15.6. The monoisotopic (exact) mass is 382 g/mol. The number of aromatic nitrogens is 1. The Morgan fingerprint density at radius 1 is 1.19 bits per heavy atom. The van der Waals surface area contributed by atoms with Crippen molar-refractivity contribution >= 4 is 40.2 Å². The van der Waals surface area contributed by atoms with Crippen molar-refractivity contribution in [3.05, 3.63) is 65.3 Å². The summed E-state index contributed by atoms with van der Waals surface area (Å²) in [5, 5.41) is 2.83. The van der Waals surface area contributed by atoms with E-state index in [4.69, 9.17) is 21.2 Å². The van der Waals surface area contributed by atoms with E-state index < -0.39 is 12.0 Å². The second-order valence-corrected chi connectivity index (χ2v) is 6.49. The van der Waals surface area contributed by atoms with Crippen LogP contribution in [0.2, 0.25) is 5.02 Å². The molecule has 1 aliphatic rings. The van der Waals surface area contributed by atoms with Crippen molar-refractivity contribution < 1.29 is 19.2 Å². The van der Waals surface area contributed by atoms with E-state index in [1.807, 2.05) is 24.1 Å². The molecular weight excluding hydrogens is 368 g/mol. The molecular formula is C20H15ClN2O4. The first kappa shape index (κ1) is 17.4. The largest absolute Gasteiger partial charge is 0.426 e. The molecule has 1 atom stereocenters. The lowest BCUT2D eigenvalue weighted by molar-refractivity contribution is -0.143. The van der Waals surface area contributed by atoms with Gasteiger partial charge in [0.25, 0.3) is 0 Å². The molecule has 3 aromatic rings. The van der Waals surface area contributed by atoms with Crippen molar-refractivity contribution in [2.45, 2.75) is 12.5 Å². The summed E-state index contributed by atoms with van der Waals surface area (Å²) >= 11 is 6.08. The highest BCUT2D eigenvalue weighted by Gasteiger charge is 2.39. The zero-order valence-corrected chi connectivity index (χ0v) is 15.1. The molecule has 0 saturated carbocycles. The highest BCUT2D eigenvalue weighted by Crippen LogP contribution is 2.42. The Balaban J connectivity index is 1.71. The number of esters is 1. The summed E-state index contributed by atoms with van der Waals surface area (Å²) in [7, 11) is 1.44. The van der Waals surface area contributed by atoms with Gasteiger partial charge in [0.2, 0.25) is 5.82 Å². The van der Waals surface area contributed by atoms with Crippen molar-refractivity contribution in [3.63, 3.8) is 0 Å². The summed E-state index contributed by atoms with van der Waals surface area (Å²) in [6.07, 6.45) is -0.00202.